The van der Waals surface area contributed by atoms with E-state index >= 15 is 0 Å². The minimum Gasteiger partial charge on any atom is -0.373 e. The van der Waals surface area contributed by atoms with Gasteiger partial charge in [0, 0.05) is 79.2 Å². The summed E-state index contributed by atoms with van der Waals surface area (Å²) in [6.07, 6.45) is 0.687. The van der Waals surface area contributed by atoms with Crippen LogP contribution in [-0.2, 0) is 4.74 Å². The Bertz CT molecular complexity index is 333. The molecule has 11 heteroatoms. The Hall–Kier alpha value is 1.87. The number of hydrogen-bond acceptors (Lipinski definition) is 1. The fourth-order valence-electron chi connectivity index (χ4n) is 0.730. The molecule has 0 bridgehead atoms. The summed E-state index contributed by atoms with van der Waals surface area (Å²) in [7, 11) is -1.79. The Morgan fingerprint density at radius 2 is 0.523 bits per heavy atom. The van der Waals surface area contributed by atoms with E-state index < -0.39 is 0 Å². The molecule has 0 spiro atoms. The van der Waals surface area contributed by atoms with Crippen molar-refractivity contribution in [2.45, 2.75) is 195 Å². The Balaban J connectivity index is -0.0000000446. The van der Waals surface area contributed by atoms with Gasteiger partial charge in [0.2, 0.25) is 0 Å². The predicted molar refractivity (Wildman–Crippen MR) is 260 cm³/mol. The van der Waals surface area contributed by atoms with Crippen molar-refractivity contribution in [3.8, 4) is 0 Å². The SMILES string of the molecule is C=C[SiH](C)C.C[SiH](C)C.C[SiH](C)C.C[SiH](C)C.C[SiH](C)C.C[SiH](C)C.C[SiH](C)C.C[SiH](C)C.C[SiH](C)C.C[SiH](C)CC1CO1. The van der Waals surface area contributed by atoms with Crippen LogP contribution in [-0.4, -0.2) is 101 Å². The molecule has 0 aromatic carbocycles. The summed E-state index contributed by atoms with van der Waals surface area (Å²) in [5, 5.41) is 0. The number of hydrogen-bond donors (Lipinski definition) is 0. The van der Waals surface area contributed by atoms with E-state index in [1.54, 1.807) is 0 Å². The molecule has 0 aliphatic carbocycles. The summed E-state index contributed by atoms with van der Waals surface area (Å²) in [4.78, 5) is 0. The molecule has 1 rings (SSSR count). The molecule has 1 atom stereocenters. The molecule has 0 aromatic rings. The van der Waals surface area contributed by atoms with Crippen LogP contribution in [0, 0.1) is 0 Å². The Morgan fingerprint density at radius 3 is 0.545 bits per heavy atom. The molecule has 1 aliphatic heterocycles. The van der Waals surface area contributed by atoms with Crippen LogP contribution in [0.3, 0.4) is 0 Å². The standard InChI is InChI=1S/C5H12OSi.C4H10Si.8C3H10Si/c1-7(2)4-5-3-6-5;1-4-5(2)3;8*1-4(2)3/h5,7H,3-4H2,1-2H3;4-5H,1H2,2-3H3;8*4H,1-3H3. The van der Waals surface area contributed by atoms with Crippen molar-refractivity contribution >= 4 is 88.0 Å². The van der Waals surface area contributed by atoms with Crippen molar-refractivity contribution in [3.63, 3.8) is 0 Å². The second kappa shape index (κ2) is 57.2. The van der Waals surface area contributed by atoms with E-state index in [0.717, 1.165) is 6.61 Å². The fraction of sp³-hybridized carbons (Fsp3) is 0.939. The van der Waals surface area contributed by atoms with Crippen LogP contribution in [0.5, 0.6) is 0 Å². The van der Waals surface area contributed by atoms with Gasteiger partial charge in [-0.25, -0.2) is 0 Å². The molecule has 1 fully saturated rings. The maximum Gasteiger partial charge on any atom is 0.0784 e. The van der Waals surface area contributed by atoms with E-state index in [2.05, 4.69) is 196 Å². The van der Waals surface area contributed by atoms with Crippen LogP contribution in [0.2, 0.25) is 189 Å². The molecule has 1 aliphatic rings. The van der Waals surface area contributed by atoms with Crippen LogP contribution < -0.4 is 0 Å². The molecular formula is C33H102OSi10. The quantitative estimate of drug-likeness (QED) is 0.205. The average molecular weight is 796 g/mol. The average Bonchev–Trinajstić information content (AvgIpc) is 3.48. The minimum absolute atomic E-state index is 0.139. The Morgan fingerprint density at radius 1 is 0.409 bits per heavy atom. The fourth-order valence-corrected chi connectivity index (χ4v) is 2.05. The molecule has 0 saturated carbocycles. The normalized spacial score (nSPS) is 12.1. The molecule has 0 amide bonds. The van der Waals surface area contributed by atoms with E-state index in [-0.39, 0.29) is 88.0 Å². The zero-order valence-electron chi connectivity index (χ0n) is 37.5. The van der Waals surface area contributed by atoms with Crippen LogP contribution in [0.4, 0.5) is 0 Å². The van der Waals surface area contributed by atoms with Crippen molar-refractivity contribution in [2.75, 3.05) is 6.61 Å². The predicted octanol–water partition coefficient (Wildman–Crippen LogP) is 10.9. The lowest BCUT2D eigenvalue weighted by atomic mass is 10.6. The van der Waals surface area contributed by atoms with E-state index in [0.29, 0.717) is 6.10 Å². The second-order valence-electron chi connectivity index (χ2n) is 17.9. The monoisotopic (exact) mass is 795 g/mol. The Labute approximate surface area is 305 Å². The lowest BCUT2D eigenvalue weighted by Gasteiger charge is -1.93. The van der Waals surface area contributed by atoms with Crippen molar-refractivity contribution < 1.29 is 4.74 Å². The smallest absolute Gasteiger partial charge is 0.0784 e. The topological polar surface area (TPSA) is 12.5 Å². The summed E-state index contributed by atoms with van der Waals surface area (Å²) in [6, 6.07) is 1.39. The van der Waals surface area contributed by atoms with E-state index in [4.69, 9.17) is 4.74 Å². The molecule has 1 unspecified atom stereocenters. The first kappa shape index (κ1) is 67.9. The summed E-state index contributed by atoms with van der Waals surface area (Å²) in [5.74, 6) is 0. The second-order valence-corrected chi connectivity index (χ2v) is 51.9. The van der Waals surface area contributed by atoms with Gasteiger partial charge in [0.05, 0.1) is 21.5 Å². The lowest BCUT2D eigenvalue weighted by Crippen LogP contribution is -2.02. The van der Waals surface area contributed by atoms with Gasteiger partial charge in [-0.1, -0.05) is 183 Å². The van der Waals surface area contributed by atoms with Crippen molar-refractivity contribution in [2.24, 2.45) is 0 Å². The summed E-state index contributed by atoms with van der Waals surface area (Å²) < 4.78 is 5.05. The first-order chi connectivity index (χ1) is 19.4. The van der Waals surface area contributed by atoms with E-state index in [9.17, 15) is 0 Å². The molecule has 1 saturated heterocycles. The van der Waals surface area contributed by atoms with Gasteiger partial charge < -0.3 is 4.74 Å². The molecule has 0 aromatic heterocycles. The Kier molecular flexibility index (Phi) is 88.2. The van der Waals surface area contributed by atoms with Crippen LogP contribution >= 0.6 is 0 Å². The van der Waals surface area contributed by atoms with Gasteiger partial charge >= 0.3 is 0 Å². The molecule has 0 N–H and O–H groups in total. The third-order valence-electron chi connectivity index (χ3n) is 1.61. The van der Waals surface area contributed by atoms with Crippen molar-refractivity contribution in [1.29, 1.82) is 0 Å². The van der Waals surface area contributed by atoms with Crippen LogP contribution in [0.1, 0.15) is 0 Å². The molecular weight excluding hydrogens is 693 g/mol. The molecule has 1 nitrogen and oxygen atoms in total. The van der Waals surface area contributed by atoms with Crippen molar-refractivity contribution in [3.05, 3.63) is 12.3 Å². The van der Waals surface area contributed by atoms with Gasteiger partial charge in [0.15, 0.2) is 0 Å². The number of epoxide rings is 1. The first-order valence-corrected chi connectivity index (χ1v) is 52.5. The highest BCUT2D eigenvalue weighted by Crippen LogP contribution is 2.15. The van der Waals surface area contributed by atoms with Crippen LogP contribution in [0.15, 0.2) is 12.3 Å². The zero-order chi connectivity index (χ0) is 38.2. The molecule has 1 heterocycles. The van der Waals surface area contributed by atoms with Gasteiger partial charge in [-0.15, -0.1) is 12.3 Å². The number of rotatable bonds is 3. The van der Waals surface area contributed by atoms with E-state index in [1.807, 2.05) is 0 Å². The maximum atomic E-state index is 5.05. The third-order valence-corrected chi connectivity index (χ3v) is 4.02. The highest BCUT2D eigenvalue weighted by molar-refractivity contribution is 6.61. The zero-order valence-corrected chi connectivity index (χ0v) is 49.0. The largest absolute Gasteiger partial charge is 0.373 e. The lowest BCUT2D eigenvalue weighted by molar-refractivity contribution is 0.422. The highest BCUT2D eigenvalue weighted by atomic mass is 28.3. The number of ether oxygens (including phenoxy) is 1. The van der Waals surface area contributed by atoms with E-state index in [1.165, 1.54) is 6.04 Å². The first-order valence-electron chi connectivity index (χ1n) is 18.7. The summed E-state index contributed by atoms with van der Waals surface area (Å²) in [5.41, 5.74) is 2.06. The van der Waals surface area contributed by atoms with Gasteiger partial charge in [-0.05, 0) is 6.04 Å². The summed E-state index contributed by atoms with van der Waals surface area (Å²) in [6.45, 7) is 69.2. The van der Waals surface area contributed by atoms with Crippen molar-refractivity contribution in [1.82, 2.24) is 0 Å². The van der Waals surface area contributed by atoms with Gasteiger partial charge in [0.25, 0.3) is 0 Å². The van der Waals surface area contributed by atoms with Gasteiger partial charge in [-0.2, -0.15) is 0 Å². The molecule has 280 valence electrons. The molecule has 0 radical (unpaired) electrons. The highest BCUT2D eigenvalue weighted by Gasteiger charge is 2.22. The van der Waals surface area contributed by atoms with Crippen LogP contribution in [0.25, 0.3) is 0 Å². The van der Waals surface area contributed by atoms with Gasteiger partial charge in [0.1, 0.15) is 0 Å². The molecule has 44 heavy (non-hydrogen) atoms. The minimum atomic E-state index is -0.386. The third kappa shape index (κ3) is 682. The van der Waals surface area contributed by atoms with Gasteiger partial charge in [-0.3, -0.25) is 0 Å². The summed E-state index contributed by atoms with van der Waals surface area (Å²) >= 11 is 0. The maximum absolute atomic E-state index is 5.05.